The Morgan fingerprint density at radius 2 is 0.673 bits per heavy atom. The summed E-state index contributed by atoms with van der Waals surface area (Å²) in [6, 6.07) is 44.8. The minimum atomic E-state index is -1.22. The zero-order valence-corrected chi connectivity index (χ0v) is 31.3. The Balaban J connectivity index is 1.29. The average molecular weight is 751 g/mol. The maximum atomic E-state index is 12.2. The second kappa shape index (κ2) is 21.5. The van der Waals surface area contributed by atoms with E-state index in [1.807, 2.05) is 140 Å². The summed E-state index contributed by atoms with van der Waals surface area (Å²) in [6.07, 6.45) is -5.49. The second-order valence-electron chi connectivity index (χ2n) is 13.2. The molecule has 10 nitrogen and oxygen atoms in total. The summed E-state index contributed by atoms with van der Waals surface area (Å²) < 4.78 is 55.6. The highest BCUT2D eigenvalue weighted by atomic mass is 16.7. The molecule has 0 heterocycles. The lowest BCUT2D eigenvalue weighted by atomic mass is 9.84. The van der Waals surface area contributed by atoms with Crippen LogP contribution in [0.4, 0.5) is 0 Å². The summed E-state index contributed by atoms with van der Waals surface area (Å²) in [6.45, 7) is 1.09. The molecule has 6 rings (SSSR count). The Kier molecular flexibility index (Phi) is 15.6. The molecule has 5 aromatic rings. The molecule has 10 heteroatoms. The Morgan fingerprint density at radius 3 is 1.02 bits per heavy atom. The number of hydrogen-bond donors (Lipinski definition) is 1. The number of ether oxygens (including phenoxy) is 9. The average Bonchev–Trinajstić information content (AvgIpc) is 3.24. The second-order valence-corrected chi connectivity index (χ2v) is 13.2. The number of aliphatic hydroxyl groups excluding tert-OH is 1. The van der Waals surface area contributed by atoms with E-state index in [2.05, 4.69) is 0 Å². The van der Waals surface area contributed by atoms with Gasteiger partial charge >= 0.3 is 0 Å². The van der Waals surface area contributed by atoms with Gasteiger partial charge in [-0.3, -0.25) is 0 Å². The maximum absolute atomic E-state index is 12.2. The first-order valence-electron chi connectivity index (χ1n) is 18.4. The first-order valence-corrected chi connectivity index (χ1v) is 18.4. The predicted octanol–water partition coefficient (Wildman–Crippen LogP) is 7.25. The molecular weight excluding hydrogens is 700 g/mol. The van der Waals surface area contributed by atoms with Gasteiger partial charge in [0.1, 0.15) is 61.7 Å². The number of rotatable bonds is 21. The molecule has 0 saturated heterocycles. The third kappa shape index (κ3) is 11.9. The van der Waals surface area contributed by atoms with Crippen LogP contribution in [-0.4, -0.2) is 69.5 Å². The summed E-state index contributed by atoms with van der Waals surface area (Å²) in [5.74, 6) is 1.47. The van der Waals surface area contributed by atoms with Crippen LogP contribution in [0.15, 0.2) is 140 Å². The number of hydrogen-bond acceptors (Lipinski definition) is 10. The summed E-state index contributed by atoms with van der Waals surface area (Å²) in [7, 11) is 3.26. The van der Waals surface area contributed by atoms with Crippen molar-refractivity contribution >= 4 is 0 Å². The molecule has 0 bridgehead atoms. The molecular formula is C45H50O10. The molecule has 290 valence electrons. The van der Waals surface area contributed by atoms with Crippen molar-refractivity contribution in [3.8, 4) is 11.5 Å². The minimum absolute atomic E-state index is 0.110. The maximum Gasteiger partial charge on any atom is 0.147 e. The summed E-state index contributed by atoms with van der Waals surface area (Å²) in [5, 5.41) is 12.2. The van der Waals surface area contributed by atoms with Gasteiger partial charge in [0.15, 0.2) is 0 Å². The van der Waals surface area contributed by atoms with Gasteiger partial charge in [-0.2, -0.15) is 0 Å². The highest BCUT2D eigenvalue weighted by Crippen LogP contribution is 2.34. The van der Waals surface area contributed by atoms with Crippen molar-refractivity contribution in [1.29, 1.82) is 0 Å². The third-order valence-corrected chi connectivity index (χ3v) is 9.37. The van der Waals surface area contributed by atoms with Crippen LogP contribution in [0.3, 0.4) is 0 Å². The minimum Gasteiger partial charge on any atom is -0.497 e. The van der Waals surface area contributed by atoms with Gasteiger partial charge in [-0.1, -0.05) is 115 Å². The zero-order valence-electron chi connectivity index (χ0n) is 31.3. The zero-order chi connectivity index (χ0) is 38.1. The first kappa shape index (κ1) is 40.1. The Morgan fingerprint density at radius 1 is 0.364 bits per heavy atom. The molecule has 6 atom stereocenters. The van der Waals surface area contributed by atoms with E-state index >= 15 is 0 Å². The van der Waals surface area contributed by atoms with Gasteiger partial charge in [0.25, 0.3) is 0 Å². The monoisotopic (exact) mass is 750 g/mol. The molecule has 1 unspecified atom stereocenters. The van der Waals surface area contributed by atoms with Gasteiger partial charge in [0.05, 0.1) is 47.3 Å². The van der Waals surface area contributed by atoms with Crippen molar-refractivity contribution in [2.24, 2.45) is 0 Å². The van der Waals surface area contributed by atoms with Crippen molar-refractivity contribution in [3.63, 3.8) is 0 Å². The lowest BCUT2D eigenvalue weighted by Crippen LogP contribution is -2.67. The van der Waals surface area contributed by atoms with Crippen LogP contribution in [0.1, 0.15) is 27.8 Å². The van der Waals surface area contributed by atoms with Crippen molar-refractivity contribution in [1.82, 2.24) is 0 Å². The van der Waals surface area contributed by atoms with Crippen LogP contribution in [0.25, 0.3) is 0 Å². The quantitative estimate of drug-likeness (QED) is 0.0610. The third-order valence-electron chi connectivity index (χ3n) is 9.37. The van der Waals surface area contributed by atoms with E-state index in [-0.39, 0.29) is 33.4 Å². The van der Waals surface area contributed by atoms with E-state index in [0.717, 1.165) is 39.3 Å². The van der Waals surface area contributed by atoms with Crippen molar-refractivity contribution in [2.75, 3.05) is 27.8 Å². The van der Waals surface area contributed by atoms with Crippen LogP contribution in [0, 0.1) is 0 Å². The van der Waals surface area contributed by atoms with Crippen LogP contribution in [0.5, 0.6) is 11.5 Å². The number of methoxy groups -OCH3 is 2. The fraction of sp³-hybridized carbons (Fsp3) is 0.333. The summed E-state index contributed by atoms with van der Waals surface area (Å²) in [4.78, 5) is 0. The van der Waals surface area contributed by atoms with Crippen LogP contribution in [0.2, 0.25) is 0 Å². The SMILES string of the molecule is COc1ccc(CO[C@@H]2[C@@H](OCc3ccc(OC)cc3)[C@@H](OCOCc3ccccc3)C(O)[C@H](OCOCc3ccccc3)[C@H]2OCc2ccccc2)cc1. The molecule has 1 aliphatic carbocycles. The Bertz CT molecular complexity index is 1770. The van der Waals surface area contributed by atoms with Crippen LogP contribution in [-0.2, 0) is 66.2 Å². The number of aliphatic hydroxyl groups is 1. The fourth-order valence-corrected chi connectivity index (χ4v) is 6.41. The van der Waals surface area contributed by atoms with Gasteiger partial charge in [0, 0.05) is 0 Å². The number of benzene rings is 5. The van der Waals surface area contributed by atoms with E-state index in [9.17, 15) is 5.11 Å². The van der Waals surface area contributed by atoms with E-state index < -0.39 is 36.6 Å². The van der Waals surface area contributed by atoms with Gasteiger partial charge in [-0.25, -0.2) is 0 Å². The molecule has 1 saturated carbocycles. The van der Waals surface area contributed by atoms with Gasteiger partial charge in [-0.15, -0.1) is 0 Å². The molecule has 1 fully saturated rings. The highest BCUT2D eigenvalue weighted by molar-refractivity contribution is 5.28. The molecule has 0 radical (unpaired) electrons. The Labute approximate surface area is 323 Å². The lowest BCUT2D eigenvalue weighted by Gasteiger charge is -2.48. The standard InChI is InChI=1S/C45H50O10/c1-47-38-22-18-36(19-23-38)29-52-44-42(55-32-50-27-34-14-8-4-9-15-34)40(46)41(54-31-49-26-33-12-6-3-7-13-33)43(51-28-35-16-10-5-11-17-35)45(44)53-30-37-20-24-39(48-2)25-21-37/h3-25,40-46H,26-32H2,1-2H3/t40?,41-,42-,43+,44-,45-/m0/s1. The Hall–Kier alpha value is -4.62. The molecule has 55 heavy (non-hydrogen) atoms. The molecule has 1 N–H and O–H groups in total. The van der Waals surface area contributed by atoms with Crippen LogP contribution < -0.4 is 9.47 Å². The molecule has 0 amide bonds. The van der Waals surface area contributed by atoms with Gasteiger partial charge in [-0.05, 0) is 52.1 Å². The molecule has 0 aliphatic heterocycles. The molecule has 0 spiro atoms. The van der Waals surface area contributed by atoms with E-state index in [1.54, 1.807) is 14.2 Å². The van der Waals surface area contributed by atoms with Crippen molar-refractivity contribution in [3.05, 3.63) is 167 Å². The van der Waals surface area contributed by atoms with E-state index in [0.29, 0.717) is 13.2 Å². The topological polar surface area (TPSA) is 103 Å². The van der Waals surface area contributed by atoms with Gasteiger partial charge in [0.2, 0.25) is 0 Å². The summed E-state index contributed by atoms with van der Waals surface area (Å²) in [5.41, 5.74) is 4.76. The largest absolute Gasteiger partial charge is 0.497 e. The smallest absolute Gasteiger partial charge is 0.147 e. The highest BCUT2D eigenvalue weighted by Gasteiger charge is 2.54. The van der Waals surface area contributed by atoms with Crippen molar-refractivity contribution in [2.45, 2.75) is 69.7 Å². The fourth-order valence-electron chi connectivity index (χ4n) is 6.41. The van der Waals surface area contributed by atoms with Gasteiger partial charge < -0.3 is 47.7 Å². The van der Waals surface area contributed by atoms with E-state index in [1.165, 1.54) is 0 Å². The normalized spacial score (nSPS) is 20.9. The van der Waals surface area contributed by atoms with Crippen LogP contribution >= 0.6 is 0 Å². The van der Waals surface area contributed by atoms with Crippen molar-refractivity contribution < 1.29 is 47.7 Å². The lowest BCUT2D eigenvalue weighted by molar-refractivity contribution is -0.299. The molecule has 1 aliphatic rings. The van der Waals surface area contributed by atoms with E-state index in [4.69, 9.17) is 42.6 Å². The summed E-state index contributed by atoms with van der Waals surface area (Å²) >= 11 is 0. The predicted molar refractivity (Wildman–Crippen MR) is 206 cm³/mol. The molecule has 5 aromatic carbocycles. The molecule has 0 aromatic heterocycles. The first-order chi connectivity index (χ1) is 27.1.